The second kappa shape index (κ2) is 7.59. The molecule has 4 rings (SSSR count). The minimum Gasteiger partial charge on any atom is -0.380 e. The molecule has 2 fully saturated rings. The number of hydrogen-bond donors (Lipinski definition) is 0. The average molecular weight is 367 g/mol. The molecule has 0 radical (unpaired) electrons. The van der Waals surface area contributed by atoms with Crippen LogP contribution in [0.15, 0.2) is 36.7 Å². The molecule has 3 heterocycles. The van der Waals surface area contributed by atoms with Crippen molar-refractivity contribution in [3.63, 3.8) is 0 Å². The fourth-order valence-corrected chi connectivity index (χ4v) is 4.04. The molecule has 7 heteroatoms. The molecule has 0 bridgehead atoms. The van der Waals surface area contributed by atoms with Crippen molar-refractivity contribution in [3.8, 4) is 6.07 Å². The Morgan fingerprint density at radius 2 is 1.85 bits per heavy atom. The predicted octanol–water partition coefficient (Wildman–Crippen LogP) is 1.97. The monoisotopic (exact) mass is 367 g/mol. The van der Waals surface area contributed by atoms with Crippen molar-refractivity contribution in [2.45, 2.75) is 11.8 Å². The summed E-state index contributed by atoms with van der Waals surface area (Å²) < 4.78 is 19.1. The van der Waals surface area contributed by atoms with Crippen molar-refractivity contribution in [2.75, 3.05) is 50.8 Å². The van der Waals surface area contributed by atoms with E-state index in [9.17, 15) is 9.65 Å². The third-order valence-corrected chi connectivity index (χ3v) is 5.54. The summed E-state index contributed by atoms with van der Waals surface area (Å²) in [6, 6.07) is 8.96. The van der Waals surface area contributed by atoms with E-state index < -0.39 is 0 Å². The van der Waals surface area contributed by atoms with Gasteiger partial charge in [0.05, 0.1) is 6.61 Å². The summed E-state index contributed by atoms with van der Waals surface area (Å²) in [5.74, 6) is 0.454. The number of rotatable bonds is 4. The molecular formula is C20H22FN5O. The van der Waals surface area contributed by atoms with Gasteiger partial charge in [-0.05, 0) is 24.1 Å². The highest BCUT2D eigenvalue weighted by Crippen LogP contribution is 2.34. The number of piperazine rings is 1. The molecule has 27 heavy (non-hydrogen) atoms. The maximum absolute atomic E-state index is 13.3. The second-order valence-corrected chi connectivity index (χ2v) is 7.19. The molecule has 2 saturated heterocycles. The van der Waals surface area contributed by atoms with Gasteiger partial charge >= 0.3 is 0 Å². The van der Waals surface area contributed by atoms with E-state index in [-0.39, 0.29) is 11.2 Å². The van der Waals surface area contributed by atoms with Crippen LogP contribution >= 0.6 is 0 Å². The average Bonchev–Trinajstić information content (AvgIpc) is 3.18. The highest BCUT2D eigenvalue weighted by molar-refractivity contribution is 5.49. The van der Waals surface area contributed by atoms with Crippen LogP contribution in [-0.4, -0.2) is 60.8 Å². The van der Waals surface area contributed by atoms with Gasteiger partial charge in [-0.15, -0.1) is 0 Å². The lowest BCUT2D eigenvalue weighted by molar-refractivity contribution is 0.147. The van der Waals surface area contributed by atoms with E-state index in [0.717, 1.165) is 51.3 Å². The summed E-state index contributed by atoms with van der Waals surface area (Å²) in [4.78, 5) is 13.0. The fourth-order valence-electron chi connectivity index (χ4n) is 4.04. The van der Waals surface area contributed by atoms with Crippen LogP contribution in [0.1, 0.15) is 17.7 Å². The maximum atomic E-state index is 13.3. The van der Waals surface area contributed by atoms with Gasteiger partial charge in [-0.2, -0.15) is 5.26 Å². The van der Waals surface area contributed by atoms with Crippen molar-refractivity contribution >= 4 is 5.82 Å². The molecule has 2 aliphatic heterocycles. The topological polar surface area (TPSA) is 65.3 Å². The molecule has 0 spiro atoms. The Kier molecular flexibility index (Phi) is 5.01. The minimum absolute atomic E-state index is 0.0831. The first-order valence-corrected chi connectivity index (χ1v) is 9.22. The standard InChI is InChI=1S/C20H22FN5O/c21-17-3-1-16(2-4-17)20(5-12-27-15-20)14-25-8-10-26(11-9-25)19-18(13-22)23-6-7-24-19/h1-4,6-7H,5,8-12,14-15H2. The first-order chi connectivity index (χ1) is 13.2. The Bertz CT molecular complexity index is 821. The minimum atomic E-state index is -0.210. The van der Waals surface area contributed by atoms with Crippen LogP contribution in [0.5, 0.6) is 0 Å². The summed E-state index contributed by atoms with van der Waals surface area (Å²) in [5.41, 5.74) is 1.43. The number of benzene rings is 1. The van der Waals surface area contributed by atoms with Crippen molar-refractivity contribution in [1.29, 1.82) is 5.26 Å². The maximum Gasteiger partial charge on any atom is 0.183 e. The Labute approximate surface area is 158 Å². The zero-order valence-corrected chi connectivity index (χ0v) is 15.1. The molecule has 0 N–H and O–H groups in total. The summed E-state index contributed by atoms with van der Waals surface area (Å²) in [6.45, 7) is 5.65. The van der Waals surface area contributed by atoms with E-state index in [4.69, 9.17) is 4.74 Å². The van der Waals surface area contributed by atoms with Crippen LogP contribution < -0.4 is 4.90 Å². The number of hydrogen-bond acceptors (Lipinski definition) is 6. The van der Waals surface area contributed by atoms with Crippen LogP contribution in [0.4, 0.5) is 10.2 Å². The molecule has 0 aliphatic carbocycles. The quantitative estimate of drug-likeness (QED) is 0.823. The molecule has 0 saturated carbocycles. The van der Waals surface area contributed by atoms with Crippen LogP contribution in [0.2, 0.25) is 0 Å². The molecule has 1 aromatic carbocycles. The molecule has 140 valence electrons. The van der Waals surface area contributed by atoms with E-state index >= 15 is 0 Å². The number of anilines is 1. The molecule has 1 aromatic heterocycles. The van der Waals surface area contributed by atoms with E-state index in [2.05, 4.69) is 25.8 Å². The summed E-state index contributed by atoms with van der Waals surface area (Å²) in [5, 5.41) is 9.24. The molecule has 2 aliphatic rings. The number of nitriles is 1. The Morgan fingerprint density at radius 1 is 1.11 bits per heavy atom. The number of aromatic nitrogens is 2. The number of ether oxygens (including phenoxy) is 1. The van der Waals surface area contributed by atoms with Crippen LogP contribution in [0, 0.1) is 17.1 Å². The highest BCUT2D eigenvalue weighted by Gasteiger charge is 2.39. The molecule has 1 atom stereocenters. The first kappa shape index (κ1) is 17.8. The van der Waals surface area contributed by atoms with E-state index in [0.29, 0.717) is 18.1 Å². The Hall–Kier alpha value is -2.56. The van der Waals surface area contributed by atoms with Gasteiger partial charge in [0.15, 0.2) is 11.5 Å². The molecular weight excluding hydrogens is 345 g/mol. The first-order valence-electron chi connectivity index (χ1n) is 9.22. The van der Waals surface area contributed by atoms with Gasteiger partial charge in [-0.25, -0.2) is 14.4 Å². The van der Waals surface area contributed by atoms with Crippen LogP contribution in [0.3, 0.4) is 0 Å². The largest absolute Gasteiger partial charge is 0.380 e. The van der Waals surface area contributed by atoms with Crippen LogP contribution in [0.25, 0.3) is 0 Å². The lowest BCUT2D eigenvalue weighted by Crippen LogP contribution is -2.51. The van der Waals surface area contributed by atoms with Gasteiger partial charge in [-0.3, -0.25) is 4.90 Å². The predicted molar refractivity (Wildman–Crippen MR) is 98.9 cm³/mol. The van der Waals surface area contributed by atoms with Gasteiger partial charge in [0, 0.05) is 57.1 Å². The fraction of sp³-hybridized carbons (Fsp3) is 0.450. The summed E-state index contributed by atoms with van der Waals surface area (Å²) in [6.07, 6.45) is 4.12. The second-order valence-electron chi connectivity index (χ2n) is 7.19. The van der Waals surface area contributed by atoms with Gasteiger partial charge in [0.25, 0.3) is 0 Å². The zero-order chi connectivity index (χ0) is 18.7. The molecule has 2 aromatic rings. The van der Waals surface area contributed by atoms with Gasteiger partial charge in [-0.1, -0.05) is 12.1 Å². The van der Waals surface area contributed by atoms with Crippen molar-refractivity contribution in [1.82, 2.24) is 14.9 Å². The van der Waals surface area contributed by atoms with E-state index in [1.54, 1.807) is 12.4 Å². The van der Waals surface area contributed by atoms with Gasteiger partial charge in [0.2, 0.25) is 0 Å². The number of nitrogens with zero attached hydrogens (tertiary/aromatic N) is 5. The Morgan fingerprint density at radius 3 is 2.52 bits per heavy atom. The summed E-state index contributed by atoms with van der Waals surface area (Å²) >= 11 is 0. The third kappa shape index (κ3) is 3.64. The zero-order valence-electron chi connectivity index (χ0n) is 15.1. The van der Waals surface area contributed by atoms with E-state index in [1.165, 1.54) is 12.1 Å². The lowest BCUT2D eigenvalue weighted by atomic mass is 9.79. The van der Waals surface area contributed by atoms with E-state index in [1.807, 2.05) is 12.1 Å². The highest BCUT2D eigenvalue weighted by atomic mass is 19.1. The normalized spacial score (nSPS) is 23.3. The summed E-state index contributed by atoms with van der Waals surface area (Å²) in [7, 11) is 0. The number of halogens is 1. The van der Waals surface area contributed by atoms with Crippen LogP contribution in [-0.2, 0) is 10.2 Å². The van der Waals surface area contributed by atoms with Crippen molar-refractivity contribution in [3.05, 3.63) is 53.7 Å². The molecule has 0 amide bonds. The van der Waals surface area contributed by atoms with Crippen molar-refractivity contribution in [2.24, 2.45) is 0 Å². The molecule has 1 unspecified atom stereocenters. The van der Waals surface area contributed by atoms with Gasteiger partial charge < -0.3 is 9.64 Å². The smallest absolute Gasteiger partial charge is 0.183 e. The van der Waals surface area contributed by atoms with Gasteiger partial charge in [0.1, 0.15) is 11.9 Å². The Balaban J connectivity index is 1.45. The lowest BCUT2D eigenvalue weighted by Gasteiger charge is -2.40. The van der Waals surface area contributed by atoms with Crippen molar-refractivity contribution < 1.29 is 9.13 Å². The third-order valence-electron chi connectivity index (χ3n) is 5.54. The SMILES string of the molecule is N#Cc1nccnc1N1CCN(CC2(c3ccc(F)cc3)CCOC2)CC1. The molecule has 6 nitrogen and oxygen atoms in total.